The molecule has 2 aromatic carbocycles. The molecule has 0 aromatic heterocycles. The first kappa shape index (κ1) is 7.82. The molecule has 0 aliphatic heterocycles. The predicted octanol–water partition coefficient (Wildman–Crippen LogP) is 2.92. The highest BCUT2D eigenvalue weighted by atomic mass is 19.1. The Kier molecular flexibility index (Phi) is 1.97. The summed E-state index contributed by atoms with van der Waals surface area (Å²) in [5.74, 6) is 2.41. The molecule has 2 aromatic rings. The van der Waals surface area contributed by atoms with Gasteiger partial charge >= 0.3 is 0 Å². The second-order valence-corrected chi connectivity index (χ2v) is 2.66. The predicted molar refractivity (Wildman–Crippen MR) is 50.8 cm³/mol. The third-order valence-electron chi connectivity index (χ3n) is 1.89. The molecule has 0 fully saturated rings. The van der Waals surface area contributed by atoms with Crippen molar-refractivity contribution >= 4 is 10.8 Å². The van der Waals surface area contributed by atoms with Crippen molar-refractivity contribution in [2.45, 2.75) is 0 Å². The van der Waals surface area contributed by atoms with Gasteiger partial charge in [-0.15, -0.1) is 4.39 Å². The van der Waals surface area contributed by atoms with Gasteiger partial charge in [0.05, 0.1) is 0 Å². The maximum Gasteiger partial charge on any atom is 0.111 e. The van der Waals surface area contributed by atoms with Gasteiger partial charge in [-0.3, -0.25) is 0 Å². The van der Waals surface area contributed by atoms with E-state index in [2.05, 4.69) is 12.0 Å². The molecule has 0 bridgehead atoms. The minimum atomic E-state index is 0.705. The molecular weight excluding hydrogens is 163 g/mol. The number of hydrogen-bond donors (Lipinski definition) is 0. The second-order valence-electron chi connectivity index (χ2n) is 2.66. The average Bonchev–Trinajstić information content (AvgIpc) is 2.19. The lowest BCUT2D eigenvalue weighted by Crippen LogP contribution is -1.78. The van der Waals surface area contributed by atoms with Crippen LogP contribution in [0.25, 0.3) is 10.8 Å². The Morgan fingerprint density at radius 1 is 1.15 bits per heavy atom. The minimum Gasteiger partial charge on any atom is -0.144 e. The molecule has 0 N–H and O–H groups in total. The van der Waals surface area contributed by atoms with Crippen molar-refractivity contribution in [3.8, 4) is 12.1 Å². The van der Waals surface area contributed by atoms with Gasteiger partial charge in [-0.25, -0.2) is 0 Å². The van der Waals surface area contributed by atoms with Crippen LogP contribution in [0, 0.1) is 18.2 Å². The van der Waals surface area contributed by atoms with Gasteiger partial charge in [0.2, 0.25) is 0 Å². The fraction of sp³-hybridized carbons (Fsp3) is 0. The maximum atomic E-state index is 11.8. The molecule has 1 radical (unpaired) electrons. The molecule has 0 aliphatic rings. The summed E-state index contributed by atoms with van der Waals surface area (Å²) in [6.07, 6.45) is 1.41. The van der Waals surface area contributed by atoms with Crippen LogP contribution >= 0.6 is 0 Å². The minimum absolute atomic E-state index is 0.705. The van der Waals surface area contributed by atoms with Crippen LogP contribution in [0.4, 0.5) is 4.39 Å². The Morgan fingerprint density at radius 2 is 2.00 bits per heavy atom. The topological polar surface area (TPSA) is 0 Å². The molecule has 0 amide bonds. The summed E-state index contributed by atoms with van der Waals surface area (Å²) in [6, 6.07) is 14.2. The molecule has 0 spiro atoms. The van der Waals surface area contributed by atoms with Crippen molar-refractivity contribution in [3.05, 3.63) is 48.0 Å². The lowest BCUT2D eigenvalue weighted by atomic mass is 10.1. The van der Waals surface area contributed by atoms with E-state index < -0.39 is 0 Å². The maximum absolute atomic E-state index is 11.8. The highest BCUT2D eigenvalue weighted by Gasteiger charge is 1.95. The highest BCUT2D eigenvalue weighted by Crippen LogP contribution is 2.16. The quantitative estimate of drug-likeness (QED) is 0.532. The summed E-state index contributed by atoms with van der Waals surface area (Å²) in [7, 11) is 0. The number of hydrogen-bond acceptors (Lipinski definition) is 0. The Hall–Kier alpha value is -1.81. The Bertz CT molecular complexity index is 484. The smallest absolute Gasteiger partial charge is 0.111 e. The van der Waals surface area contributed by atoms with Crippen molar-refractivity contribution in [3.63, 3.8) is 0 Å². The summed E-state index contributed by atoms with van der Waals surface area (Å²) in [5.41, 5.74) is 0.705. The van der Waals surface area contributed by atoms with Crippen LogP contribution in [0.3, 0.4) is 0 Å². The van der Waals surface area contributed by atoms with Gasteiger partial charge in [0.25, 0.3) is 0 Å². The van der Waals surface area contributed by atoms with Crippen molar-refractivity contribution in [2.24, 2.45) is 0 Å². The van der Waals surface area contributed by atoms with E-state index in [1.54, 1.807) is 12.1 Å². The van der Waals surface area contributed by atoms with Gasteiger partial charge in [0.15, 0.2) is 0 Å². The van der Waals surface area contributed by atoms with E-state index in [1.165, 1.54) is 6.17 Å². The Morgan fingerprint density at radius 3 is 2.85 bits per heavy atom. The number of fused-ring (bicyclic) bond motifs is 1. The molecule has 0 heterocycles. The van der Waals surface area contributed by atoms with Gasteiger partial charge in [-0.2, -0.15) is 0 Å². The van der Waals surface area contributed by atoms with E-state index in [0.717, 1.165) is 10.8 Å². The molecule has 2 rings (SSSR count). The van der Waals surface area contributed by atoms with Crippen molar-refractivity contribution in [1.29, 1.82) is 0 Å². The lowest BCUT2D eigenvalue weighted by Gasteiger charge is -1.97. The van der Waals surface area contributed by atoms with E-state index >= 15 is 0 Å². The molecule has 0 saturated carbocycles. The molecule has 0 saturated heterocycles. The number of benzene rings is 2. The normalized spacial score (nSPS) is 9.31. The van der Waals surface area contributed by atoms with Crippen LogP contribution in [-0.2, 0) is 0 Å². The van der Waals surface area contributed by atoms with Crippen LogP contribution in [0.1, 0.15) is 5.56 Å². The largest absolute Gasteiger partial charge is 0.144 e. The summed E-state index contributed by atoms with van der Waals surface area (Å²) in [4.78, 5) is 0. The van der Waals surface area contributed by atoms with Gasteiger partial charge in [0, 0.05) is 5.56 Å². The van der Waals surface area contributed by atoms with E-state index in [9.17, 15) is 4.39 Å². The van der Waals surface area contributed by atoms with Crippen molar-refractivity contribution in [1.82, 2.24) is 0 Å². The zero-order chi connectivity index (χ0) is 9.10. The standard InChI is InChI=1S/C12H6F/c13-9-8-11-6-3-5-10-4-1-2-7-12(10)11/h1-4,6-7H. The van der Waals surface area contributed by atoms with Gasteiger partial charge in [0.1, 0.15) is 6.17 Å². The van der Waals surface area contributed by atoms with Crippen molar-refractivity contribution in [2.75, 3.05) is 0 Å². The summed E-state index contributed by atoms with van der Waals surface area (Å²) in [6.45, 7) is 0. The SMILES string of the molecule is FC#Cc1cc[c]c2ccccc12. The van der Waals surface area contributed by atoms with Crippen molar-refractivity contribution < 1.29 is 4.39 Å². The van der Waals surface area contributed by atoms with Gasteiger partial charge in [-0.05, 0) is 28.8 Å². The second kappa shape index (κ2) is 3.28. The molecule has 1 heteroatoms. The molecule has 13 heavy (non-hydrogen) atoms. The molecule has 0 nitrogen and oxygen atoms in total. The molecule has 0 aliphatic carbocycles. The van der Waals surface area contributed by atoms with E-state index in [-0.39, 0.29) is 0 Å². The number of halogens is 1. The molecule has 0 unspecified atom stereocenters. The first-order valence-corrected chi connectivity index (χ1v) is 3.93. The third-order valence-corrected chi connectivity index (χ3v) is 1.89. The Labute approximate surface area is 76.0 Å². The monoisotopic (exact) mass is 169 g/mol. The first-order valence-electron chi connectivity index (χ1n) is 3.93. The van der Waals surface area contributed by atoms with Gasteiger partial charge in [-0.1, -0.05) is 30.3 Å². The third kappa shape index (κ3) is 1.39. The summed E-state index contributed by atoms with van der Waals surface area (Å²) in [5, 5.41) is 1.90. The summed E-state index contributed by atoms with van der Waals surface area (Å²) >= 11 is 0. The van der Waals surface area contributed by atoms with Crippen LogP contribution < -0.4 is 0 Å². The van der Waals surface area contributed by atoms with E-state index in [4.69, 9.17) is 0 Å². The lowest BCUT2D eigenvalue weighted by molar-refractivity contribution is 0.774. The van der Waals surface area contributed by atoms with Gasteiger partial charge < -0.3 is 0 Å². The highest BCUT2D eigenvalue weighted by molar-refractivity contribution is 5.87. The Balaban J connectivity index is 2.80. The fourth-order valence-electron chi connectivity index (χ4n) is 1.31. The van der Waals surface area contributed by atoms with Crippen LogP contribution in [0.15, 0.2) is 36.4 Å². The van der Waals surface area contributed by atoms with E-state index in [0.29, 0.717) is 5.56 Å². The van der Waals surface area contributed by atoms with E-state index in [1.807, 2.05) is 24.3 Å². The first-order chi connectivity index (χ1) is 6.42. The number of rotatable bonds is 0. The van der Waals surface area contributed by atoms with Crippen LogP contribution in [0.2, 0.25) is 0 Å². The molecule has 0 atom stereocenters. The average molecular weight is 169 g/mol. The van der Waals surface area contributed by atoms with Crippen LogP contribution in [-0.4, -0.2) is 0 Å². The molecular formula is C12H6F. The van der Waals surface area contributed by atoms with Crippen LogP contribution in [0.5, 0.6) is 0 Å². The zero-order valence-electron chi connectivity index (χ0n) is 6.84. The zero-order valence-corrected chi connectivity index (χ0v) is 6.84. The fourth-order valence-corrected chi connectivity index (χ4v) is 1.31. The summed E-state index contributed by atoms with van der Waals surface area (Å²) < 4.78 is 11.8. The molecule has 61 valence electrons.